The number of anilines is 1. The van der Waals surface area contributed by atoms with E-state index in [0.29, 0.717) is 5.56 Å². The maximum atomic E-state index is 12.0. The monoisotopic (exact) mass is 266 g/mol. The second-order valence-electron chi connectivity index (χ2n) is 4.87. The molecule has 2 rings (SSSR count). The Balaban J connectivity index is 2.08. The summed E-state index contributed by atoms with van der Waals surface area (Å²) in [7, 11) is 4.00. The summed E-state index contributed by atoms with van der Waals surface area (Å²) in [6, 6.07) is 11.7. The molecule has 0 atom stereocenters. The first kappa shape index (κ1) is 14.0. The van der Waals surface area contributed by atoms with E-state index in [2.05, 4.69) is 4.98 Å². The number of hydrogen-bond donors (Lipinski definition) is 0. The molecule has 0 aliphatic carbocycles. The van der Waals surface area contributed by atoms with Crippen LogP contribution in [0.3, 0.4) is 0 Å². The topological polar surface area (TPSA) is 33.2 Å². The fourth-order valence-corrected chi connectivity index (χ4v) is 1.77. The van der Waals surface area contributed by atoms with Gasteiger partial charge < -0.3 is 4.90 Å². The lowest BCUT2D eigenvalue weighted by atomic mass is 10.1. The molecule has 0 saturated carbocycles. The van der Waals surface area contributed by atoms with Crippen molar-refractivity contribution in [1.29, 1.82) is 0 Å². The van der Waals surface area contributed by atoms with Gasteiger partial charge in [-0.15, -0.1) is 0 Å². The van der Waals surface area contributed by atoms with Crippen molar-refractivity contribution in [2.75, 3.05) is 19.0 Å². The molecule has 3 nitrogen and oxygen atoms in total. The van der Waals surface area contributed by atoms with Crippen LogP contribution in [-0.2, 0) is 0 Å². The predicted molar refractivity (Wildman–Crippen MR) is 83.1 cm³/mol. The lowest BCUT2D eigenvalue weighted by molar-refractivity contribution is 0.104. The number of pyridine rings is 1. The molecular weight excluding hydrogens is 248 g/mol. The van der Waals surface area contributed by atoms with Crippen LogP contribution in [0.4, 0.5) is 5.69 Å². The second kappa shape index (κ2) is 6.15. The van der Waals surface area contributed by atoms with Crippen LogP contribution >= 0.6 is 0 Å². The van der Waals surface area contributed by atoms with Crippen molar-refractivity contribution in [1.82, 2.24) is 4.98 Å². The van der Waals surface area contributed by atoms with E-state index in [-0.39, 0.29) is 5.78 Å². The Labute approximate surface area is 119 Å². The zero-order valence-corrected chi connectivity index (χ0v) is 12.0. The highest BCUT2D eigenvalue weighted by Gasteiger charge is 2.01. The van der Waals surface area contributed by atoms with E-state index in [9.17, 15) is 4.79 Å². The Kier molecular flexibility index (Phi) is 4.31. The van der Waals surface area contributed by atoms with Crippen molar-refractivity contribution < 1.29 is 4.79 Å². The Hall–Kier alpha value is -2.42. The van der Waals surface area contributed by atoms with Gasteiger partial charge in [0, 0.05) is 37.2 Å². The zero-order valence-electron chi connectivity index (χ0n) is 12.0. The molecule has 0 N–H and O–H groups in total. The van der Waals surface area contributed by atoms with Crippen LogP contribution in [0.5, 0.6) is 0 Å². The summed E-state index contributed by atoms with van der Waals surface area (Å²) >= 11 is 0. The van der Waals surface area contributed by atoms with Gasteiger partial charge in [0.1, 0.15) is 0 Å². The first-order valence-corrected chi connectivity index (χ1v) is 6.49. The van der Waals surface area contributed by atoms with Crippen LogP contribution < -0.4 is 4.90 Å². The Bertz CT molecular complexity index is 610. The summed E-state index contributed by atoms with van der Waals surface area (Å²) in [5.41, 5.74) is 3.65. The molecule has 0 saturated heterocycles. The minimum Gasteiger partial charge on any atom is -0.378 e. The van der Waals surface area contributed by atoms with E-state index in [4.69, 9.17) is 0 Å². The predicted octanol–water partition coefficient (Wildman–Crippen LogP) is 3.35. The van der Waals surface area contributed by atoms with Crippen LogP contribution in [0.25, 0.3) is 6.08 Å². The Morgan fingerprint density at radius 1 is 1.10 bits per heavy atom. The molecule has 0 fully saturated rings. The molecular formula is C17H18N2O. The number of rotatable bonds is 4. The molecule has 1 aromatic carbocycles. The number of allylic oxidation sites excluding steroid dienone is 1. The third-order valence-corrected chi connectivity index (χ3v) is 3.03. The quantitative estimate of drug-likeness (QED) is 0.628. The van der Waals surface area contributed by atoms with Crippen molar-refractivity contribution >= 4 is 17.5 Å². The van der Waals surface area contributed by atoms with E-state index in [1.165, 1.54) is 0 Å². The van der Waals surface area contributed by atoms with Gasteiger partial charge in [0.2, 0.25) is 0 Å². The van der Waals surface area contributed by atoms with Crippen molar-refractivity contribution in [3.8, 4) is 0 Å². The van der Waals surface area contributed by atoms with Crippen LogP contribution in [0.15, 0.2) is 48.7 Å². The molecule has 0 bridgehead atoms. The highest BCUT2D eigenvalue weighted by molar-refractivity contribution is 6.06. The number of carbonyl (C=O) groups is 1. The Morgan fingerprint density at radius 2 is 1.80 bits per heavy atom. The van der Waals surface area contributed by atoms with Gasteiger partial charge >= 0.3 is 0 Å². The van der Waals surface area contributed by atoms with Gasteiger partial charge in [-0.05, 0) is 42.8 Å². The highest BCUT2D eigenvalue weighted by Crippen LogP contribution is 2.13. The van der Waals surface area contributed by atoms with Crippen LogP contribution in [0, 0.1) is 6.92 Å². The SMILES string of the molecule is Cc1ccc(C(=O)/C=C/c2ccc(N(C)C)cc2)cn1. The average molecular weight is 266 g/mol. The van der Waals surface area contributed by atoms with Gasteiger partial charge in [0.15, 0.2) is 5.78 Å². The van der Waals surface area contributed by atoms with Crippen molar-refractivity contribution in [2.24, 2.45) is 0 Å². The summed E-state index contributed by atoms with van der Waals surface area (Å²) in [5, 5.41) is 0. The van der Waals surface area contributed by atoms with Gasteiger partial charge in [-0.25, -0.2) is 0 Å². The molecule has 1 aromatic heterocycles. The third-order valence-electron chi connectivity index (χ3n) is 3.03. The largest absolute Gasteiger partial charge is 0.378 e. The normalized spacial score (nSPS) is 10.8. The van der Waals surface area contributed by atoms with Gasteiger partial charge in [0.25, 0.3) is 0 Å². The fraction of sp³-hybridized carbons (Fsp3) is 0.176. The van der Waals surface area contributed by atoms with Gasteiger partial charge in [-0.1, -0.05) is 18.2 Å². The van der Waals surface area contributed by atoms with E-state index < -0.39 is 0 Å². The highest BCUT2D eigenvalue weighted by atomic mass is 16.1. The second-order valence-corrected chi connectivity index (χ2v) is 4.87. The number of carbonyl (C=O) groups excluding carboxylic acids is 1. The molecule has 0 unspecified atom stereocenters. The summed E-state index contributed by atoms with van der Waals surface area (Å²) < 4.78 is 0. The molecule has 2 aromatic rings. The number of aromatic nitrogens is 1. The van der Waals surface area contributed by atoms with E-state index >= 15 is 0 Å². The number of aryl methyl sites for hydroxylation is 1. The van der Waals surface area contributed by atoms with Crippen molar-refractivity contribution in [3.63, 3.8) is 0 Å². The van der Waals surface area contributed by atoms with E-state index in [1.54, 1.807) is 18.3 Å². The maximum absolute atomic E-state index is 12.0. The molecule has 0 aliphatic rings. The molecule has 3 heteroatoms. The number of benzene rings is 1. The summed E-state index contributed by atoms with van der Waals surface area (Å²) in [6.07, 6.45) is 5.01. The molecule has 1 heterocycles. The molecule has 20 heavy (non-hydrogen) atoms. The number of ketones is 1. The molecule has 0 radical (unpaired) electrons. The van der Waals surface area contributed by atoms with Crippen LogP contribution in [-0.4, -0.2) is 24.9 Å². The first-order valence-electron chi connectivity index (χ1n) is 6.49. The minimum absolute atomic E-state index is 0.0332. The fourth-order valence-electron chi connectivity index (χ4n) is 1.77. The molecule has 0 aliphatic heterocycles. The standard InChI is InChI=1S/C17H18N2O/c1-13-4-8-15(12-18-13)17(20)11-7-14-5-9-16(10-6-14)19(2)3/h4-12H,1-3H3/b11-7+. The zero-order chi connectivity index (χ0) is 14.5. The molecule has 0 spiro atoms. The van der Waals surface area contributed by atoms with Crippen LogP contribution in [0.1, 0.15) is 21.6 Å². The van der Waals surface area contributed by atoms with Gasteiger partial charge in [0.05, 0.1) is 0 Å². The van der Waals surface area contributed by atoms with E-state index in [1.807, 2.05) is 62.3 Å². The van der Waals surface area contributed by atoms with E-state index in [0.717, 1.165) is 16.9 Å². The maximum Gasteiger partial charge on any atom is 0.187 e. The smallest absolute Gasteiger partial charge is 0.187 e. The molecule has 102 valence electrons. The third kappa shape index (κ3) is 3.54. The van der Waals surface area contributed by atoms with Gasteiger partial charge in [-0.3, -0.25) is 9.78 Å². The summed E-state index contributed by atoms with van der Waals surface area (Å²) in [5.74, 6) is -0.0332. The minimum atomic E-state index is -0.0332. The van der Waals surface area contributed by atoms with Crippen molar-refractivity contribution in [2.45, 2.75) is 6.92 Å². The molecule has 0 amide bonds. The Morgan fingerprint density at radius 3 is 2.35 bits per heavy atom. The number of hydrogen-bond acceptors (Lipinski definition) is 3. The first-order chi connectivity index (χ1) is 9.56. The average Bonchev–Trinajstić information content (AvgIpc) is 2.46. The summed E-state index contributed by atoms with van der Waals surface area (Å²) in [6.45, 7) is 1.90. The van der Waals surface area contributed by atoms with Crippen LogP contribution in [0.2, 0.25) is 0 Å². The lowest BCUT2D eigenvalue weighted by Gasteiger charge is -2.11. The van der Waals surface area contributed by atoms with Gasteiger partial charge in [-0.2, -0.15) is 0 Å². The number of nitrogens with zero attached hydrogens (tertiary/aromatic N) is 2. The summed E-state index contributed by atoms with van der Waals surface area (Å²) in [4.78, 5) is 18.1. The van der Waals surface area contributed by atoms with Crippen molar-refractivity contribution in [3.05, 3.63) is 65.5 Å². The lowest BCUT2D eigenvalue weighted by Crippen LogP contribution is -2.07.